The van der Waals surface area contributed by atoms with Gasteiger partial charge in [-0.05, 0) is 25.5 Å². The van der Waals surface area contributed by atoms with Crippen molar-refractivity contribution in [2.24, 2.45) is 0 Å². The molecule has 0 aromatic heterocycles. The Hall–Kier alpha value is -1.03. The Morgan fingerprint density at radius 3 is 2.00 bits per heavy atom. The monoisotopic (exact) mass is 334 g/mol. The van der Waals surface area contributed by atoms with E-state index in [1.165, 1.54) is 12.1 Å². The van der Waals surface area contributed by atoms with Crippen LogP contribution in [0.4, 0.5) is 0 Å². The highest BCUT2D eigenvalue weighted by Crippen LogP contribution is 2.15. The normalized spacial score (nSPS) is 17.7. The zero-order valence-electron chi connectivity index (χ0n) is 12.5. The van der Waals surface area contributed by atoms with Gasteiger partial charge >= 0.3 is 0 Å². The van der Waals surface area contributed by atoms with Gasteiger partial charge in [-0.15, -0.1) is 0 Å². The minimum atomic E-state index is -4.07. The second-order valence-electron chi connectivity index (χ2n) is 5.08. The van der Waals surface area contributed by atoms with Gasteiger partial charge in [0, 0.05) is 0 Å². The average molecular weight is 334 g/mol. The van der Waals surface area contributed by atoms with E-state index in [0.717, 1.165) is 5.56 Å². The third kappa shape index (κ3) is 5.01. The van der Waals surface area contributed by atoms with E-state index in [-0.39, 0.29) is 11.3 Å². The maximum absolute atomic E-state index is 11.9. The van der Waals surface area contributed by atoms with Crippen LogP contribution in [-0.2, 0) is 14.3 Å². The van der Waals surface area contributed by atoms with Gasteiger partial charge in [-0.25, -0.2) is 0 Å². The fraction of sp³-hybridized carbons (Fsp3) is 0.571. The summed E-state index contributed by atoms with van der Waals surface area (Å²) in [4.78, 5) is -0.0751. The number of aliphatic hydroxyl groups excluding tert-OH is 4. The standard InChI is InChI=1S/C14H22O7S/c1-3-11(15)13(17)14(18)12(16)8-21-22(19,20)10-6-4-9(2)5-7-10/h4-7,11-18H,3,8H2,1-2H3/t11-,12-,13+,14+/m1/s1. The van der Waals surface area contributed by atoms with E-state index in [1.807, 2.05) is 0 Å². The predicted octanol–water partition coefficient (Wildman–Crippen LogP) is -0.446. The van der Waals surface area contributed by atoms with Crippen LogP contribution in [0.25, 0.3) is 0 Å². The molecule has 4 atom stereocenters. The summed E-state index contributed by atoms with van der Waals surface area (Å²) in [7, 11) is -4.07. The van der Waals surface area contributed by atoms with Gasteiger partial charge in [0.1, 0.15) is 18.3 Å². The summed E-state index contributed by atoms with van der Waals surface area (Å²) in [5.41, 5.74) is 0.881. The average Bonchev–Trinajstić information content (AvgIpc) is 2.50. The Balaban J connectivity index is 2.66. The molecule has 22 heavy (non-hydrogen) atoms. The third-order valence-electron chi connectivity index (χ3n) is 3.26. The van der Waals surface area contributed by atoms with Crippen LogP contribution in [0.1, 0.15) is 18.9 Å². The van der Waals surface area contributed by atoms with Gasteiger partial charge in [-0.3, -0.25) is 4.18 Å². The lowest BCUT2D eigenvalue weighted by Crippen LogP contribution is -2.46. The van der Waals surface area contributed by atoms with E-state index in [9.17, 15) is 28.8 Å². The highest BCUT2D eigenvalue weighted by atomic mass is 32.2. The molecular formula is C14H22O7S. The van der Waals surface area contributed by atoms with Crippen molar-refractivity contribution in [1.29, 1.82) is 0 Å². The van der Waals surface area contributed by atoms with Gasteiger partial charge in [-0.1, -0.05) is 24.6 Å². The molecule has 4 N–H and O–H groups in total. The highest BCUT2D eigenvalue weighted by molar-refractivity contribution is 7.86. The number of hydrogen-bond donors (Lipinski definition) is 4. The first-order valence-electron chi connectivity index (χ1n) is 6.87. The largest absolute Gasteiger partial charge is 0.390 e. The molecule has 0 radical (unpaired) electrons. The first kappa shape index (κ1) is 19.0. The SMILES string of the molecule is CC[C@@H](O)[C@H](O)[C@@H](O)[C@H](O)COS(=O)(=O)c1ccc(C)cc1. The molecule has 0 saturated carbocycles. The van der Waals surface area contributed by atoms with Crippen LogP contribution in [0.5, 0.6) is 0 Å². The maximum Gasteiger partial charge on any atom is 0.297 e. The van der Waals surface area contributed by atoms with Gasteiger partial charge < -0.3 is 20.4 Å². The maximum atomic E-state index is 11.9. The molecule has 1 aromatic rings. The number of aryl methyl sites for hydroxylation is 1. The van der Waals surface area contributed by atoms with Gasteiger partial charge in [-0.2, -0.15) is 8.42 Å². The molecule has 1 rings (SSSR count). The van der Waals surface area contributed by atoms with E-state index in [2.05, 4.69) is 4.18 Å². The molecule has 0 saturated heterocycles. The molecular weight excluding hydrogens is 312 g/mol. The smallest absolute Gasteiger partial charge is 0.297 e. The molecule has 0 aliphatic carbocycles. The lowest BCUT2D eigenvalue weighted by Gasteiger charge is -2.25. The number of rotatable bonds is 8. The minimum Gasteiger partial charge on any atom is -0.390 e. The van der Waals surface area contributed by atoms with Crippen molar-refractivity contribution in [3.05, 3.63) is 29.8 Å². The van der Waals surface area contributed by atoms with Crippen LogP contribution in [0, 0.1) is 6.92 Å². The predicted molar refractivity (Wildman–Crippen MR) is 78.6 cm³/mol. The van der Waals surface area contributed by atoms with Crippen LogP contribution in [0.15, 0.2) is 29.2 Å². The molecule has 0 bridgehead atoms. The van der Waals surface area contributed by atoms with E-state index in [1.54, 1.807) is 26.0 Å². The molecule has 126 valence electrons. The zero-order chi connectivity index (χ0) is 16.9. The van der Waals surface area contributed by atoms with Crippen molar-refractivity contribution < 1.29 is 33.0 Å². The van der Waals surface area contributed by atoms with E-state index >= 15 is 0 Å². The van der Waals surface area contributed by atoms with Crippen LogP contribution >= 0.6 is 0 Å². The summed E-state index contributed by atoms with van der Waals surface area (Å²) in [6.07, 6.45) is -6.02. The number of hydrogen-bond acceptors (Lipinski definition) is 7. The molecule has 7 nitrogen and oxygen atoms in total. The molecule has 0 fully saturated rings. The lowest BCUT2D eigenvalue weighted by molar-refractivity contribution is -0.112. The Morgan fingerprint density at radius 1 is 1.00 bits per heavy atom. The second-order valence-corrected chi connectivity index (χ2v) is 6.69. The van der Waals surface area contributed by atoms with Gasteiger partial charge in [0.05, 0.1) is 17.6 Å². The Morgan fingerprint density at radius 2 is 1.50 bits per heavy atom. The van der Waals surface area contributed by atoms with Crippen molar-refractivity contribution in [2.45, 2.75) is 49.6 Å². The summed E-state index contributed by atoms with van der Waals surface area (Å²) >= 11 is 0. The zero-order valence-corrected chi connectivity index (χ0v) is 13.3. The lowest BCUT2D eigenvalue weighted by atomic mass is 10.0. The van der Waals surface area contributed by atoms with Crippen molar-refractivity contribution in [2.75, 3.05) is 6.61 Å². The van der Waals surface area contributed by atoms with E-state index < -0.39 is 41.1 Å². The fourth-order valence-electron chi connectivity index (χ4n) is 1.73. The summed E-state index contributed by atoms with van der Waals surface area (Å²) in [6.45, 7) is 2.66. The molecule has 0 aliphatic rings. The minimum absolute atomic E-state index is 0.0751. The Labute approximate surface area is 129 Å². The summed E-state index contributed by atoms with van der Waals surface area (Å²) in [5, 5.41) is 38.3. The Bertz CT molecular complexity index is 555. The van der Waals surface area contributed by atoms with Gasteiger partial charge in [0.15, 0.2) is 0 Å². The second kappa shape index (κ2) is 8.00. The number of benzene rings is 1. The fourth-order valence-corrected chi connectivity index (χ4v) is 2.65. The van der Waals surface area contributed by atoms with Gasteiger partial charge in [0.2, 0.25) is 0 Å². The van der Waals surface area contributed by atoms with Gasteiger partial charge in [0.25, 0.3) is 10.1 Å². The van der Waals surface area contributed by atoms with Crippen LogP contribution < -0.4 is 0 Å². The summed E-state index contributed by atoms with van der Waals surface area (Å²) in [5.74, 6) is 0. The number of aliphatic hydroxyl groups is 4. The van der Waals surface area contributed by atoms with Crippen LogP contribution in [-0.4, -0.2) is 59.9 Å². The molecule has 1 aromatic carbocycles. The summed E-state index contributed by atoms with van der Waals surface area (Å²) in [6, 6.07) is 5.93. The molecule has 0 spiro atoms. The molecule has 0 heterocycles. The molecule has 0 aliphatic heterocycles. The highest BCUT2D eigenvalue weighted by Gasteiger charge is 2.30. The Kier molecular flexibility index (Phi) is 6.92. The molecule has 0 amide bonds. The first-order valence-corrected chi connectivity index (χ1v) is 8.28. The van der Waals surface area contributed by atoms with Crippen LogP contribution in [0.3, 0.4) is 0 Å². The van der Waals surface area contributed by atoms with Crippen molar-refractivity contribution in [3.8, 4) is 0 Å². The summed E-state index contributed by atoms with van der Waals surface area (Å²) < 4.78 is 28.5. The topological polar surface area (TPSA) is 124 Å². The van der Waals surface area contributed by atoms with Crippen molar-refractivity contribution >= 4 is 10.1 Å². The van der Waals surface area contributed by atoms with Crippen molar-refractivity contribution in [3.63, 3.8) is 0 Å². The first-order chi connectivity index (χ1) is 10.2. The van der Waals surface area contributed by atoms with E-state index in [4.69, 9.17) is 0 Å². The van der Waals surface area contributed by atoms with Crippen molar-refractivity contribution in [1.82, 2.24) is 0 Å². The van der Waals surface area contributed by atoms with Crippen LogP contribution in [0.2, 0.25) is 0 Å². The van der Waals surface area contributed by atoms with E-state index in [0.29, 0.717) is 0 Å². The third-order valence-corrected chi connectivity index (χ3v) is 4.56. The molecule has 8 heteroatoms. The quantitative estimate of drug-likeness (QED) is 0.475. The molecule has 0 unspecified atom stereocenters.